The van der Waals surface area contributed by atoms with Gasteiger partial charge in [-0.15, -0.1) is 11.8 Å². The first-order valence-corrected chi connectivity index (χ1v) is 7.60. The minimum atomic E-state index is -0.966. The summed E-state index contributed by atoms with van der Waals surface area (Å²) in [5.41, 5.74) is 0.571. The summed E-state index contributed by atoms with van der Waals surface area (Å²) in [6.45, 7) is 0. The number of benzene rings is 2. The monoisotopic (exact) mass is 337 g/mol. The van der Waals surface area contributed by atoms with Gasteiger partial charge in [0.05, 0.1) is 4.92 Å². The molecule has 0 radical (unpaired) electrons. The Bertz CT molecular complexity index is 690. The van der Waals surface area contributed by atoms with Crippen LogP contribution in [0.3, 0.4) is 0 Å². The molecule has 0 aromatic heterocycles. The van der Waals surface area contributed by atoms with Crippen LogP contribution in [0.4, 0.5) is 5.69 Å². The molecule has 2 rings (SSSR count). The van der Waals surface area contributed by atoms with Crippen molar-refractivity contribution in [2.45, 2.75) is 16.6 Å². The van der Waals surface area contributed by atoms with Crippen LogP contribution in [0.1, 0.15) is 5.56 Å². The highest BCUT2D eigenvalue weighted by molar-refractivity contribution is 8.00. The van der Waals surface area contributed by atoms with Gasteiger partial charge in [-0.1, -0.05) is 23.7 Å². The minimum absolute atomic E-state index is 0.0434. The van der Waals surface area contributed by atoms with Crippen molar-refractivity contribution in [3.63, 3.8) is 0 Å². The minimum Gasteiger partial charge on any atom is -0.480 e. The van der Waals surface area contributed by atoms with Gasteiger partial charge in [-0.05, 0) is 36.2 Å². The van der Waals surface area contributed by atoms with Gasteiger partial charge in [0, 0.05) is 22.1 Å². The molecular weight excluding hydrogens is 326 g/mol. The summed E-state index contributed by atoms with van der Waals surface area (Å²) in [4.78, 5) is 22.5. The Labute approximate surface area is 136 Å². The van der Waals surface area contributed by atoms with Crippen molar-refractivity contribution in [2.75, 3.05) is 0 Å². The first-order valence-electron chi connectivity index (χ1n) is 6.34. The summed E-state index contributed by atoms with van der Waals surface area (Å²) in [7, 11) is 0. The number of hydrogen-bond donors (Lipinski definition) is 1. The van der Waals surface area contributed by atoms with Gasteiger partial charge in [-0.25, -0.2) is 0 Å². The zero-order chi connectivity index (χ0) is 16.1. The fraction of sp³-hybridized carbons (Fsp3) is 0.133. The number of carboxylic acid groups (broad SMARTS) is 1. The number of carboxylic acids is 1. The smallest absolute Gasteiger partial charge is 0.317 e. The second kappa shape index (κ2) is 7.29. The molecule has 0 spiro atoms. The predicted octanol–water partition coefficient (Wildman–Crippen LogP) is 4.04. The van der Waals surface area contributed by atoms with Crippen LogP contribution < -0.4 is 0 Å². The van der Waals surface area contributed by atoms with E-state index in [0.717, 1.165) is 4.90 Å². The van der Waals surface area contributed by atoms with Crippen molar-refractivity contribution in [2.24, 2.45) is 0 Å². The molecular formula is C15H12ClNO4S. The van der Waals surface area contributed by atoms with E-state index in [9.17, 15) is 20.0 Å². The van der Waals surface area contributed by atoms with Crippen molar-refractivity contribution in [3.8, 4) is 0 Å². The Balaban J connectivity index is 2.15. The number of hydrogen-bond acceptors (Lipinski definition) is 4. The fourth-order valence-electron chi connectivity index (χ4n) is 1.87. The third-order valence-corrected chi connectivity index (χ3v) is 4.36. The van der Waals surface area contributed by atoms with Gasteiger partial charge < -0.3 is 5.11 Å². The van der Waals surface area contributed by atoms with Crippen LogP contribution in [-0.4, -0.2) is 21.2 Å². The summed E-state index contributed by atoms with van der Waals surface area (Å²) in [6, 6.07) is 12.9. The molecule has 0 aliphatic rings. The molecule has 0 saturated carbocycles. The Morgan fingerprint density at radius 2 is 1.95 bits per heavy atom. The van der Waals surface area contributed by atoms with Gasteiger partial charge in [0.2, 0.25) is 0 Å². The highest BCUT2D eigenvalue weighted by Gasteiger charge is 2.20. The molecule has 2 aromatic carbocycles. The van der Waals surface area contributed by atoms with E-state index >= 15 is 0 Å². The number of nitro groups is 1. The highest BCUT2D eigenvalue weighted by Crippen LogP contribution is 2.28. The van der Waals surface area contributed by atoms with E-state index in [1.54, 1.807) is 36.4 Å². The molecule has 0 heterocycles. The van der Waals surface area contributed by atoms with E-state index in [0.29, 0.717) is 10.6 Å². The topological polar surface area (TPSA) is 80.4 Å². The van der Waals surface area contributed by atoms with Crippen molar-refractivity contribution >= 4 is 35.0 Å². The maximum Gasteiger partial charge on any atom is 0.317 e. The maximum atomic E-state index is 11.4. The Morgan fingerprint density at radius 3 is 2.55 bits per heavy atom. The summed E-state index contributed by atoms with van der Waals surface area (Å²) < 4.78 is 0. The maximum absolute atomic E-state index is 11.4. The number of rotatable bonds is 6. The number of nitro benzene ring substituents is 1. The zero-order valence-corrected chi connectivity index (χ0v) is 12.9. The average molecular weight is 338 g/mol. The summed E-state index contributed by atoms with van der Waals surface area (Å²) in [5.74, 6) is -0.966. The van der Waals surface area contributed by atoms with E-state index in [1.807, 2.05) is 0 Å². The summed E-state index contributed by atoms with van der Waals surface area (Å²) >= 11 is 6.98. The molecule has 5 nitrogen and oxygen atoms in total. The number of carbonyl (C=O) groups is 1. The number of thioether (sulfide) groups is 1. The van der Waals surface area contributed by atoms with E-state index < -0.39 is 16.1 Å². The Kier molecular flexibility index (Phi) is 5.41. The lowest BCUT2D eigenvalue weighted by atomic mass is 10.1. The Morgan fingerprint density at radius 1 is 1.27 bits per heavy atom. The molecule has 0 aliphatic heterocycles. The number of nitrogens with zero attached hydrogens (tertiary/aromatic N) is 1. The van der Waals surface area contributed by atoms with Crippen molar-refractivity contribution < 1.29 is 14.8 Å². The normalized spacial score (nSPS) is 11.9. The molecule has 2 aromatic rings. The number of non-ortho nitro benzene ring substituents is 1. The molecule has 22 heavy (non-hydrogen) atoms. The molecule has 0 saturated heterocycles. The van der Waals surface area contributed by atoms with Crippen LogP contribution in [0.15, 0.2) is 53.4 Å². The van der Waals surface area contributed by atoms with Crippen LogP contribution in [0.25, 0.3) is 0 Å². The van der Waals surface area contributed by atoms with Crippen molar-refractivity contribution in [3.05, 3.63) is 69.2 Å². The molecule has 0 fully saturated rings. The molecule has 114 valence electrons. The third kappa shape index (κ3) is 4.47. The molecule has 1 N–H and O–H groups in total. The molecule has 1 unspecified atom stereocenters. The molecule has 1 atom stereocenters. The second-order valence-corrected chi connectivity index (χ2v) is 6.24. The third-order valence-electron chi connectivity index (χ3n) is 2.91. The van der Waals surface area contributed by atoms with Crippen LogP contribution >= 0.6 is 23.4 Å². The van der Waals surface area contributed by atoms with Crippen molar-refractivity contribution in [1.82, 2.24) is 0 Å². The van der Waals surface area contributed by atoms with Crippen LogP contribution in [0.5, 0.6) is 0 Å². The molecule has 0 amide bonds. The van der Waals surface area contributed by atoms with Gasteiger partial charge in [-0.3, -0.25) is 14.9 Å². The first-order chi connectivity index (χ1) is 10.5. The van der Waals surface area contributed by atoms with Gasteiger partial charge in [0.1, 0.15) is 5.25 Å². The zero-order valence-electron chi connectivity index (χ0n) is 11.3. The standard InChI is InChI=1S/C15H12ClNO4S/c16-11-4-6-13(7-5-11)22-14(15(18)19)9-10-2-1-3-12(8-10)17(20)21/h1-8,14H,9H2,(H,18,19). The van der Waals surface area contributed by atoms with E-state index in [-0.39, 0.29) is 12.1 Å². The lowest BCUT2D eigenvalue weighted by molar-refractivity contribution is -0.384. The molecule has 7 heteroatoms. The molecule has 0 aliphatic carbocycles. The van der Waals surface area contributed by atoms with E-state index in [1.165, 1.54) is 23.9 Å². The predicted molar refractivity (Wildman–Crippen MR) is 85.5 cm³/mol. The average Bonchev–Trinajstić information content (AvgIpc) is 2.49. The lowest BCUT2D eigenvalue weighted by Gasteiger charge is -2.12. The van der Waals surface area contributed by atoms with E-state index in [2.05, 4.69) is 0 Å². The van der Waals surface area contributed by atoms with Gasteiger partial charge in [0.15, 0.2) is 0 Å². The van der Waals surface area contributed by atoms with Crippen LogP contribution in [-0.2, 0) is 11.2 Å². The van der Waals surface area contributed by atoms with Gasteiger partial charge in [0.25, 0.3) is 5.69 Å². The van der Waals surface area contributed by atoms with Gasteiger partial charge in [-0.2, -0.15) is 0 Å². The molecule has 0 bridgehead atoms. The van der Waals surface area contributed by atoms with Gasteiger partial charge >= 0.3 is 5.97 Å². The van der Waals surface area contributed by atoms with Crippen molar-refractivity contribution in [1.29, 1.82) is 0 Å². The quantitative estimate of drug-likeness (QED) is 0.489. The second-order valence-electron chi connectivity index (χ2n) is 4.53. The van der Waals surface area contributed by atoms with E-state index in [4.69, 9.17) is 11.6 Å². The number of halogens is 1. The lowest BCUT2D eigenvalue weighted by Crippen LogP contribution is -2.19. The summed E-state index contributed by atoms with van der Waals surface area (Å²) in [6.07, 6.45) is 0.199. The van der Waals surface area contributed by atoms with Crippen LogP contribution in [0.2, 0.25) is 5.02 Å². The fourth-order valence-corrected chi connectivity index (χ4v) is 2.99. The highest BCUT2D eigenvalue weighted by atomic mass is 35.5. The number of aliphatic carboxylic acids is 1. The van der Waals surface area contributed by atoms with Crippen LogP contribution in [0, 0.1) is 10.1 Å². The largest absolute Gasteiger partial charge is 0.480 e. The Hall–Kier alpha value is -2.05. The first kappa shape index (κ1) is 16.3. The SMILES string of the molecule is O=C(O)C(Cc1cccc([N+](=O)[O-])c1)Sc1ccc(Cl)cc1. The summed E-state index contributed by atoms with van der Waals surface area (Å²) in [5, 5.41) is 20.0.